The first-order valence-electron chi connectivity index (χ1n) is 13.5. The van der Waals surface area contributed by atoms with Crippen molar-refractivity contribution in [3.63, 3.8) is 0 Å². The number of ether oxygens (including phenoxy) is 2. The van der Waals surface area contributed by atoms with Gasteiger partial charge in [0, 0.05) is 34.3 Å². The molecule has 198 valence electrons. The van der Waals surface area contributed by atoms with Crippen LogP contribution in [-0.2, 0) is 20.7 Å². The van der Waals surface area contributed by atoms with Gasteiger partial charge in [0.2, 0.25) is 11.8 Å². The smallest absolute Gasteiger partial charge is 0.240 e. The number of nitrogens with zero attached hydrogens (tertiary/aromatic N) is 3. The van der Waals surface area contributed by atoms with Crippen LogP contribution in [0.15, 0.2) is 60.8 Å². The Hall–Kier alpha value is -4.66. The molecule has 3 aromatic carbocycles. The van der Waals surface area contributed by atoms with Crippen molar-refractivity contribution in [2.24, 2.45) is 11.8 Å². The molecule has 4 atom stereocenters. The van der Waals surface area contributed by atoms with Crippen molar-refractivity contribution in [1.29, 1.82) is 10.5 Å². The molecular formula is C32H26N4O4. The maximum Gasteiger partial charge on any atom is 0.240 e. The fraction of sp³-hybridized carbons (Fsp3) is 0.312. The summed E-state index contributed by atoms with van der Waals surface area (Å²) in [5.74, 6) is -0.961. The molecule has 4 heterocycles. The normalized spacial score (nSPS) is 26.8. The van der Waals surface area contributed by atoms with Gasteiger partial charge in [-0.3, -0.25) is 9.59 Å². The van der Waals surface area contributed by atoms with Gasteiger partial charge in [0.15, 0.2) is 0 Å². The molecule has 2 bridgehead atoms. The Kier molecular flexibility index (Phi) is 5.29. The Bertz CT molecular complexity index is 1810. The van der Waals surface area contributed by atoms with Gasteiger partial charge in [-0.05, 0) is 55.7 Å². The molecule has 3 fully saturated rings. The van der Waals surface area contributed by atoms with Crippen LogP contribution in [0.2, 0.25) is 0 Å². The first kappa shape index (κ1) is 24.4. The van der Waals surface area contributed by atoms with Gasteiger partial charge in [-0.15, -0.1) is 0 Å². The number of hydrogen-bond acceptors (Lipinski definition) is 6. The average Bonchev–Trinajstić information content (AvgIpc) is 3.67. The van der Waals surface area contributed by atoms with Crippen LogP contribution in [0.3, 0.4) is 0 Å². The lowest BCUT2D eigenvalue weighted by molar-refractivity contribution is -0.131. The highest BCUT2D eigenvalue weighted by Crippen LogP contribution is 2.62. The summed E-state index contributed by atoms with van der Waals surface area (Å²) in [4.78, 5) is 32.5. The molecule has 1 aromatic heterocycles. The van der Waals surface area contributed by atoms with E-state index in [0.29, 0.717) is 60.1 Å². The summed E-state index contributed by atoms with van der Waals surface area (Å²) in [6, 6.07) is 20.9. The van der Waals surface area contributed by atoms with Crippen LogP contribution in [0.5, 0.6) is 5.75 Å². The van der Waals surface area contributed by atoms with Crippen molar-refractivity contribution in [2.75, 3.05) is 11.5 Å². The molecule has 0 saturated carbocycles. The summed E-state index contributed by atoms with van der Waals surface area (Å²) >= 11 is 0. The number of amides is 2. The molecule has 8 heteroatoms. The first-order chi connectivity index (χ1) is 19.4. The highest BCUT2D eigenvalue weighted by molar-refractivity contribution is 6.26. The number of H-pyrrole nitrogens is 1. The summed E-state index contributed by atoms with van der Waals surface area (Å²) in [6.07, 6.45) is 4.00. The molecule has 0 spiro atoms. The highest BCUT2D eigenvalue weighted by Gasteiger charge is 2.73. The lowest BCUT2D eigenvalue weighted by Crippen LogP contribution is -2.43. The van der Waals surface area contributed by atoms with Gasteiger partial charge in [-0.25, -0.2) is 4.90 Å². The minimum absolute atomic E-state index is 0.238. The molecule has 3 saturated heterocycles. The standard InChI is InChI=1S/C32H26N4O4/c1-31-11-12-32(40-31,13-15-39-21-7-8-25-24(16-21)20(10-14-33)18-35-25)28-27(31)29(37)36(30(28)38)26-9-6-19(17-34)22-4-2-3-5-23(22)26/h2-9,16,18,27-28,35H,10-13,15H2,1H3. The van der Waals surface area contributed by atoms with E-state index < -0.39 is 23.0 Å². The maximum atomic E-state index is 14.1. The lowest BCUT2D eigenvalue weighted by atomic mass is 9.67. The van der Waals surface area contributed by atoms with Crippen molar-refractivity contribution in [2.45, 2.75) is 43.8 Å². The second-order valence-corrected chi connectivity index (χ2v) is 11.2. The van der Waals surface area contributed by atoms with Gasteiger partial charge >= 0.3 is 0 Å². The number of anilines is 1. The molecule has 0 aliphatic carbocycles. The Morgan fingerprint density at radius 3 is 2.62 bits per heavy atom. The Balaban J connectivity index is 1.17. The van der Waals surface area contributed by atoms with Crippen LogP contribution >= 0.6 is 0 Å². The van der Waals surface area contributed by atoms with E-state index in [1.807, 2.05) is 55.6 Å². The topological polar surface area (TPSA) is 119 Å². The zero-order valence-corrected chi connectivity index (χ0v) is 21.9. The van der Waals surface area contributed by atoms with E-state index in [9.17, 15) is 14.9 Å². The number of nitrogens with one attached hydrogen (secondary N) is 1. The Morgan fingerprint density at radius 1 is 1.02 bits per heavy atom. The van der Waals surface area contributed by atoms with Gasteiger partial charge in [0.25, 0.3) is 0 Å². The second kappa shape index (κ2) is 8.67. The number of aromatic amines is 1. The molecule has 3 aliphatic heterocycles. The predicted octanol–water partition coefficient (Wildman–Crippen LogP) is 5.16. The van der Waals surface area contributed by atoms with E-state index in [4.69, 9.17) is 14.7 Å². The molecule has 1 N–H and O–H groups in total. The third-order valence-electron chi connectivity index (χ3n) is 9.08. The summed E-state index contributed by atoms with van der Waals surface area (Å²) in [7, 11) is 0. The number of carbonyl (C=O) groups is 2. The van der Waals surface area contributed by atoms with E-state index in [2.05, 4.69) is 17.1 Å². The zero-order valence-electron chi connectivity index (χ0n) is 21.9. The van der Waals surface area contributed by atoms with Crippen molar-refractivity contribution >= 4 is 39.2 Å². The molecular weight excluding hydrogens is 504 g/mol. The number of benzene rings is 3. The van der Waals surface area contributed by atoms with E-state index in [-0.39, 0.29) is 11.8 Å². The van der Waals surface area contributed by atoms with E-state index in [1.165, 1.54) is 4.90 Å². The number of nitriles is 2. The highest BCUT2D eigenvalue weighted by atomic mass is 16.5. The maximum absolute atomic E-state index is 14.1. The van der Waals surface area contributed by atoms with Crippen molar-refractivity contribution in [3.8, 4) is 17.9 Å². The van der Waals surface area contributed by atoms with Crippen LogP contribution in [0.1, 0.15) is 37.3 Å². The molecule has 0 radical (unpaired) electrons. The summed E-state index contributed by atoms with van der Waals surface area (Å²) in [6.45, 7) is 2.27. The van der Waals surface area contributed by atoms with Crippen molar-refractivity contribution in [1.82, 2.24) is 4.98 Å². The van der Waals surface area contributed by atoms with Crippen LogP contribution in [0.25, 0.3) is 21.7 Å². The number of hydrogen-bond donors (Lipinski definition) is 1. The number of fused-ring (bicyclic) bond motifs is 7. The molecule has 4 unspecified atom stereocenters. The van der Waals surface area contributed by atoms with Gasteiger partial charge in [0.1, 0.15) is 5.75 Å². The third kappa shape index (κ3) is 3.33. The molecule has 2 amide bonds. The van der Waals surface area contributed by atoms with Crippen LogP contribution in [-0.4, -0.2) is 34.6 Å². The summed E-state index contributed by atoms with van der Waals surface area (Å²) in [5, 5.41) is 21.1. The fourth-order valence-corrected chi connectivity index (χ4v) is 7.24. The first-order valence-corrected chi connectivity index (χ1v) is 13.5. The quantitative estimate of drug-likeness (QED) is 0.344. The number of carbonyl (C=O) groups excluding carboxylic acids is 2. The number of aromatic nitrogens is 1. The van der Waals surface area contributed by atoms with E-state index in [1.54, 1.807) is 12.1 Å². The zero-order chi connectivity index (χ0) is 27.6. The van der Waals surface area contributed by atoms with Gasteiger partial charge in [0.05, 0.1) is 59.5 Å². The van der Waals surface area contributed by atoms with E-state index >= 15 is 0 Å². The summed E-state index contributed by atoms with van der Waals surface area (Å²) < 4.78 is 12.7. The van der Waals surface area contributed by atoms with Crippen molar-refractivity contribution < 1.29 is 19.1 Å². The molecule has 4 aromatic rings. The van der Waals surface area contributed by atoms with Crippen LogP contribution in [0, 0.1) is 34.5 Å². The van der Waals surface area contributed by atoms with E-state index in [0.717, 1.165) is 16.5 Å². The van der Waals surface area contributed by atoms with Crippen LogP contribution < -0.4 is 9.64 Å². The number of imide groups is 1. The largest absolute Gasteiger partial charge is 0.493 e. The van der Waals surface area contributed by atoms with Gasteiger partial charge in [-0.1, -0.05) is 24.3 Å². The predicted molar refractivity (Wildman–Crippen MR) is 147 cm³/mol. The molecule has 7 rings (SSSR count). The minimum atomic E-state index is -0.784. The Morgan fingerprint density at radius 2 is 1.82 bits per heavy atom. The lowest BCUT2D eigenvalue weighted by Gasteiger charge is -2.31. The second-order valence-electron chi connectivity index (χ2n) is 11.2. The van der Waals surface area contributed by atoms with Gasteiger partial charge < -0.3 is 14.5 Å². The van der Waals surface area contributed by atoms with Crippen molar-refractivity contribution in [3.05, 3.63) is 71.9 Å². The molecule has 8 nitrogen and oxygen atoms in total. The fourth-order valence-electron chi connectivity index (χ4n) is 7.24. The molecule has 40 heavy (non-hydrogen) atoms. The minimum Gasteiger partial charge on any atom is -0.493 e. The average molecular weight is 531 g/mol. The Labute approximate surface area is 230 Å². The van der Waals surface area contributed by atoms with Gasteiger partial charge in [-0.2, -0.15) is 10.5 Å². The third-order valence-corrected chi connectivity index (χ3v) is 9.08. The molecule has 3 aliphatic rings. The monoisotopic (exact) mass is 530 g/mol. The van der Waals surface area contributed by atoms with Crippen LogP contribution in [0.4, 0.5) is 5.69 Å². The SMILES string of the molecule is CC12CCC(CCOc3ccc4[nH]cc(CC#N)c4c3)(O1)C1C(=O)N(c3ccc(C#N)c4ccccc34)C(=O)C12. The number of rotatable bonds is 6. The summed E-state index contributed by atoms with van der Waals surface area (Å²) in [5.41, 5.74) is 1.37.